The van der Waals surface area contributed by atoms with Gasteiger partial charge in [0.1, 0.15) is 17.3 Å². The minimum absolute atomic E-state index is 0.0152. The van der Waals surface area contributed by atoms with Crippen molar-refractivity contribution in [3.8, 4) is 11.5 Å². The summed E-state index contributed by atoms with van der Waals surface area (Å²) in [5.74, 6) is -0.646. The number of ether oxygens (including phenoxy) is 1. The molecule has 0 aromatic heterocycles. The Morgan fingerprint density at radius 3 is 2.43 bits per heavy atom. The van der Waals surface area contributed by atoms with E-state index in [2.05, 4.69) is 5.32 Å². The van der Waals surface area contributed by atoms with Crippen LogP contribution in [0.2, 0.25) is 0 Å². The van der Waals surface area contributed by atoms with E-state index in [0.717, 1.165) is 21.9 Å². The van der Waals surface area contributed by atoms with Gasteiger partial charge < -0.3 is 15.2 Å². The molecule has 0 aliphatic rings. The number of fused-ring (bicyclic) bond motifs is 1. The SMILES string of the molecule is CC(NC(=O)c1cc(Oc2ccc(F)cc2)ccc1CCCC(=O)O)c1cccc2ccccc12. The molecule has 1 amide bonds. The Morgan fingerprint density at radius 2 is 1.66 bits per heavy atom. The Labute approximate surface area is 203 Å². The molecule has 0 radical (unpaired) electrons. The van der Waals surface area contributed by atoms with E-state index in [9.17, 15) is 14.0 Å². The second kappa shape index (κ2) is 10.8. The van der Waals surface area contributed by atoms with Gasteiger partial charge in [0.25, 0.3) is 5.91 Å². The van der Waals surface area contributed by atoms with Crippen molar-refractivity contribution in [2.24, 2.45) is 0 Å². The number of hydrogen-bond acceptors (Lipinski definition) is 3. The molecule has 178 valence electrons. The summed E-state index contributed by atoms with van der Waals surface area (Å²) < 4.78 is 19.1. The Kier molecular flexibility index (Phi) is 7.41. The third kappa shape index (κ3) is 6.03. The van der Waals surface area contributed by atoms with E-state index in [1.807, 2.05) is 49.4 Å². The number of hydrogen-bond donors (Lipinski definition) is 2. The lowest BCUT2D eigenvalue weighted by Crippen LogP contribution is -2.27. The lowest BCUT2D eigenvalue weighted by atomic mass is 9.98. The highest BCUT2D eigenvalue weighted by Gasteiger charge is 2.18. The maximum absolute atomic E-state index is 13.4. The van der Waals surface area contributed by atoms with Crippen molar-refractivity contribution in [2.45, 2.75) is 32.2 Å². The number of nitrogens with one attached hydrogen (secondary N) is 1. The molecule has 0 saturated heterocycles. The molecule has 6 heteroatoms. The van der Waals surface area contributed by atoms with Crippen molar-refractivity contribution in [1.29, 1.82) is 0 Å². The van der Waals surface area contributed by atoms with Gasteiger partial charge in [0.05, 0.1) is 6.04 Å². The number of amides is 1. The second-order valence-electron chi connectivity index (χ2n) is 8.39. The van der Waals surface area contributed by atoms with E-state index >= 15 is 0 Å². The summed E-state index contributed by atoms with van der Waals surface area (Å²) >= 11 is 0. The van der Waals surface area contributed by atoms with Gasteiger partial charge in [-0.1, -0.05) is 48.5 Å². The molecule has 0 spiro atoms. The Hall–Kier alpha value is -4.19. The zero-order valence-corrected chi connectivity index (χ0v) is 19.3. The summed E-state index contributed by atoms with van der Waals surface area (Å²) in [6.07, 6.45) is 0.864. The van der Waals surface area contributed by atoms with Crippen LogP contribution < -0.4 is 10.1 Å². The summed E-state index contributed by atoms with van der Waals surface area (Å²) in [6, 6.07) is 24.5. The summed E-state index contributed by atoms with van der Waals surface area (Å²) in [5.41, 5.74) is 2.16. The summed E-state index contributed by atoms with van der Waals surface area (Å²) in [6.45, 7) is 1.93. The molecular weight excluding hydrogens is 445 g/mol. The number of aryl methyl sites for hydroxylation is 1. The predicted octanol–water partition coefficient (Wildman–Crippen LogP) is 6.67. The number of carboxylic acids is 1. The average molecular weight is 472 g/mol. The normalized spacial score (nSPS) is 11.7. The largest absolute Gasteiger partial charge is 0.481 e. The lowest BCUT2D eigenvalue weighted by molar-refractivity contribution is -0.137. The van der Waals surface area contributed by atoms with Crippen LogP contribution in [-0.2, 0) is 11.2 Å². The summed E-state index contributed by atoms with van der Waals surface area (Å²) in [5, 5.41) is 14.2. The molecule has 0 bridgehead atoms. The molecule has 2 N–H and O–H groups in total. The van der Waals surface area contributed by atoms with Crippen molar-refractivity contribution < 1.29 is 23.8 Å². The number of rotatable bonds is 9. The fourth-order valence-electron chi connectivity index (χ4n) is 4.10. The van der Waals surface area contributed by atoms with Crippen LogP contribution in [0, 0.1) is 5.82 Å². The molecule has 0 aliphatic heterocycles. The van der Waals surface area contributed by atoms with Crippen LogP contribution in [0.25, 0.3) is 10.8 Å². The first kappa shape index (κ1) is 24.0. The van der Waals surface area contributed by atoms with Crippen LogP contribution in [0.3, 0.4) is 0 Å². The molecule has 35 heavy (non-hydrogen) atoms. The van der Waals surface area contributed by atoms with Gasteiger partial charge in [-0.3, -0.25) is 9.59 Å². The van der Waals surface area contributed by atoms with Crippen molar-refractivity contribution >= 4 is 22.6 Å². The van der Waals surface area contributed by atoms with Crippen LogP contribution in [0.15, 0.2) is 84.9 Å². The van der Waals surface area contributed by atoms with Gasteiger partial charge in [0.15, 0.2) is 0 Å². The Morgan fingerprint density at radius 1 is 0.943 bits per heavy atom. The minimum atomic E-state index is -0.878. The molecule has 0 heterocycles. The van der Waals surface area contributed by atoms with Gasteiger partial charge in [0, 0.05) is 12.0 Å². The first-order valence-corrected chi connectivity index (χ1v) is 11.5. The fourth-order valence-corrected chi connectivity index (χ4v) is 4.10. The number of halogens is 1. The second-order valence-corrected chi connectivity index (χ2v) is 8.39. The standard InChI is InChI=1S/C29H26FNO4/c1-19(25-10-4-7-20-6-2-3-9-26(20)25)31-29(34)27-18-24(35-23-16-13-22(30)14-17-23)15-12-21(27)8-5-11-28(32)33/h2-4,6-7,9-10,12-19H,5,8,11H2,1H3,(H,31,34)(H,32,33). The third-order valence-corrected chi connectivity index (χ3v) is 5.85. The zero-order valence-electron chi connectivity index (χ0n) is 19.3. The molecule has 1 atom stereocenters. The first-order chi connectivity index (χ1) is 16.9. The van der Waals surface area contributed by atoms with Crippen LogP contribution in [0.4, 0.5) is 4.39 Å². The maximum Gasteiger partial charge on any atom is 0.303 e. The smallest absolute Gasteiger partial charge is 0.303 e. The molecule has 0 saturated carbocycles. The molecule has 5 nitrogen and oxygen atoms in total. The predicted molar refractivity (Wildman–Crippen MR) is 133 cm³/mol. The molecule has 0 fully saturated rings. The van der Waals surface area contributed by atoms with Gasteiger partial charge in [-0.05, 0) is 78.1 Å². The third-order valence-electron chi connectivity index (χ3n) is 5.85. The zero-order chi connectivity index (χ0) is 24.8. The first-order valence-electron chi connectivity index (χ1n) is 11.5. The highest BCUT2D eigenvalue weighted by Crippen LogP contribution is 2.27. The number of aliphatic carboxylic acids is 1. The molecule has 4 aromatic rings. The van der Waals surface area contributed by atoms with Crippen molar-refractivity contribution in [3.63, 3.8) is 0 Å². The van der Waals surface area contributed by atoms with Crippen molar-refractivity contribution in [2.75, 3.05) is 0 Å². The fraction of sp³-hybridized carbons (Fsp3) is 0.172. The van der Waals surface area contributed by atoms with Gasteiger partial charge >= 0.3 is 5.97 Å². The topological polar surface area (TPSA) is 75.6 Å². The quantitative estimate of drug-likeness (QED) is 0.286. The lowest BCUT2D eigenvalue weighted by Gasteiger charge is -2.19. The van der Waals surface area contributed by atoms with Gasteiger partial charge in [0.2, 0.25) is 0 Å². The number of carbonyl (C=O) groups is 2. The minimum Gasteiger partial charge on any atom is -0.481 e. The molecule has 1 unspecified atom stereocenters. The van der Waals surface area contributed by atoms with Crippen LogP contribution >= 0.6 is 0 Å². The van der Waals surface area contributed by atoms with Gasteiger partial charge in [-0.15, -0.1) is 0 Å². The van der Waals surface area contributed by atoms with Crippen LogP contribution in [-0.4, -0.2) is 17.0 Å². The summed E-state index contributed by atoms with van der Waals surface area (Å²) in [4.78, 5) is 24.4. The summed E-state index contributed by atoms with van der Waals surface area (Å²) in [7, 11) is 0. The maximum atomic E-state index is 13.4. The molecule has 0 aliphatic carbocycles. The number of benzene rings is 4. The van der Waals surface area contributed by atoms with Crippen molar-refractivity contribution in [1.82, 2.24) is 5.32 Å². The van der Waals surface area contributed by atoms with Crippen molar-refractivity contribution in [3.05, 3.63) is 107 Å². The monoisotopic (exact) mass is 471 g/mol. The average Bonchev–Trinajstić information content (AvgIpc) is 2.85. The van der Waals surface area contributed by atoms with E-state index in [0.29, 0.717) is 29.9 Å². The van der Waals surface area contributed by atoms with Crippen LogP contribution in [0.1, 0.15) is 47.3 Å². The number of carboxylic acid groups (broad SMARTS) is 1. The number of carbonyl (C=O) groups excluding carboxylic acids is 1. The highest BCUT2D eigenvalue weighted by molar-refractivity contribution is 5.97. The van der Waals surface area contributed by atoms with E-state index in [-0.39, 0.29) is 24.2 Å². The van der Waals surface area contributed by atoms with E-state index in [4.69, 9.17) is 9.84 Å². The van der Waals surface area contributed by atoms with E-state index in [1.165, 1.54) is 24.3 Å². The van der Waals surface area contributed by atoms with Crippen LogP contribution in [0.5, 0.6) is 11.5 Å². The van der Waals surface area contributed by atoms with E-state index in [1.54, 1.807) is 18.2 Å². The molecular formula is C29H26FNO4. The molecule has 4 rings (SSSR count). The van der Waals surface area contributed by atoms with E-state index < -0.39 is 5.97 Å². The highest BCUT2D eigenvalue weighted by atomic mass is 19.1. The Balaban J connectivity index is 1.60. The van der Waals surface area contributed by atoms with Gasteiger partial charge in [-0.25, -0.2) is 4.39 Å². The molecule has 4 aromatic carbocycles. The Bertz CT molecular complexity index is 1350. The van der Waals surface area contributed by atoms with Gasteiger partial charge in [-0.2, -0.15) is 0 Å².